The quantitative estimate of drug-likeness (QED) is 0.708. The third kappa shape index (κ3) is 4.07. The highest BCUT2D eigenvalue weighted by atomic mass is 16.1. The largest absolute Gasteiger partial charge is 0.354 e. The fourth-order valence-corrected chi connectivity index (χ4v) is 3.93. The molecule has 1 aliphatic rings. The van der Waals surface area contributed by atoms with Gasteiger partial charge in [0.05, 0.1) is 22.6 Å². The molecule has 0 atom stereocenters. The number of benzene rings is 1. The number of amides is 1. The fourth-order valence-electron chi connectivity index (χ4n) is 3.93. The molecule has 156 valence electrons. The molecule has 30 heavy (non-hydrogen) atoms. The van der Waals surface area contributed by atoms with Crippen molar-refractivity contribution in [2.75, 3.05) is 38.1 Å². The van der Waals surface area contributed by atoms with Crippen LogP contribution in [0.2, 0.25) is 0 Å². The summed E-state index contributed by atoms with van der Waals surface area (Å²) in [4.78, 5) is 22.2. The molecule has 2 aromatic heterocycles. The van der Waals surface area contributed by atoms with E-state index in [4.69, 9.17) is 0 Å². The second-order valence-electron chi connectivity index (χ2n) is 7.75. The molecule has 3 heterocycles. The van der Waals surface area contributed by atoms with E-state index < -0.39 is 0 Å². The van der Waals surface area contributed by atoms with Crippen LogP contribution in [0.4, 0.5) is 5.82 Å². The highest BCUT2D eigenvalue weighted by Crippen LogP contribution is 2.20. The van der Waals surface area contributed by atoms with Gasteiger partial charge in [-0.25, -0.2) is 9.67 Å². The summed E-state index contributed by atoms with van der Waals surface area (Å²) in [5, 5.41) is 7.67. The SMILES string of the molecule is Cc1nn(-c2ccccc2)c(C)c1C(=O)NCc1cccnc1N1CCN(C)CC1. The smallest absolute Gasteiger partial charge is 0.255 e. The first kappa shape index (κ1) is 20.1. The van der Waals surface area contributed by atoms with Gasteiger partial charge in [0.1, 0.15) is 5.82 Å². The van der Waals surface area contributed by atoms with E-state index in [2.05, 4.69) is 32.2 Å². The van der Waals surface area contributed by atoms with Crippen LogP contribution in [0.1, 0.15) is 27.3 Å². The summed E-state index contributed by atoms with van der Waals surface area (Å²) < 4.78 is 1.82. The number of hydrogen-bond donors (Lipinski definition) is 1. The number of piperazine rings is 1. The summed E-state index contributed by atoms with van der Waals surface area (Å²) in [6.07, 6.45) is 1.82. The maximum atomic E-state index is 13.0. The molecule has 7 nitrogen and oxygen atoms in total. The Bertz CT molecular complexity index is 1020. The van der Waals surface area contributed by atoms with Crippen molar-refractivity contribution in [3.05, 3.63) is 71.2 Å². The van der Waals surface area contributed by atoms with Gasteiger partial charge in [-0.1, -0.05) is 24.3 Å². The molecule has 1 aromatic carbocycles. The minimum atomic E-state index is -0.111. The first-order chi connectivity index (χ1) is 14.5. The highest BCUT2D eigenvalue weighted by Gasteiger charge is 2.21. The van der Waals surface area contributed by atoms with Crippen LogP contribution < -0.4 is 10.2 Å². The number of carbonyl (C=O) groups is 1. The number of para-hydroxylation sites is 1. The van der Waals surface area contributed by atoms with E-state index in [9.17, 15) is 4.79 Å². The van der Waals surface area contributed by atoms with Gasteiger partial charge in [-0.2, -0.15) is 5.10 Å². The molecule has 1 saturated heterocycles. The van der Waals surface area contributed by atoms with Gasteiger partial charge in [0.25, 0.3) is 5.91 Å². The van der Waals surface area contributed by atoms with Crippen molar-refractivity contribution in [3.8, 4) is 5.69 Å². The fraction of sp³-hybridized carbons (Fsp3) is 0.348. The van der Waals surface area contributed by atoms with Crippen molar-refractivity contribution in [1.82, 2.24) is 25.0 Å². The van der Waals surface area contributed by atoms with Crippen LogP contribution in [0.5, 0.6) is 0 Å². The van der Waals surface area contributed by atoms with E-state index in [0.717, 1.165) is 54.6 Å². The number of nitrogens with zero attached hydrogens (tertiary/aromatic N) is 5. The standard InChI is InChI=1S/C23H28N6O/c1-17-21(18(2)29(26-17)20-9-5-4-6-10-20)23(30)25-16-19-8-7-11-24-22(19)28-14-12-27(3)13-15-28/h4-11H,12-16H2,1-3H3,(H,25,30). The van der Waals surface area contributed by atoms with E-state index in [-0.39, 0.29) is 5.91 Å². The van der Waals surface area contributed by atoms with Crippen LogP contribution in [0.25, 0.3) is 5.69 Å². The molecular weight excluding hydrogens is 376 g/mol. The summed E-state index contributed by atoms with van der Waals surface area (Å²) in [5.41, 5.74) is 4.16. The molecule has 0 unspecified atom stereocenters. The van der Waals surface area contributed by atoms with Crippen molar-refractivity contribution < 1.29 is 4.79 Å². The Balaban J connectivity index is 1.51. The lowest BCUT2D eigenvalue weighted by molar-refractivity contribution is 0.0949. The monoisotopic (exact) mass is 404 g/mol. The predicted molar refractivity (Wildman–Crippen MR) is 118 cm³/mol. The normalized spacial score (nSPS) is 14.7. The molecule has 0 saturated carbocycles. The minimum Gasteiger partial charge on any atom is -0.354 e. The molecule has 0 radical (unpaired) electrons. The van der Waals surface area contributed by atoms with Crippen LogP contribution in [0.3, 0.4) is 0 Å². The van der Waals surface area contributed by atoms with Crippen LogP contribution in [0.15, 0.2) is 48.7 Å². The van der Waals surface area contributed by atoms with E-state index in [1.54, 1.807) is 0 Å². The number of aromatic nitrogens is 3. The van der Waals surface area contributed by atoms with Gasteiger partial charge in [0.15, 0.2) is 0 Å². The molecule has 0 bridgehead atoms. The molecule has 7 heteroatoms. The second kappa shape index (κ2) is 8.67. The summed E-state index contributed by atoms with van der Waals surface area (Å²) in [6.45, 7) is 8.15. The number of carbonyl (C=O) groups excluding carboxylic acids is 1. The first-order valence-electron chi connectivity index (χ1n) is 10.3. The minimum absolute atomic E-state index is 0.111. The molecule has 1 amide bonds. The summed E-state index contributed by atoms with van der Waals surface area (Å²) in [5.74, 6) is 0.847. The molecule has 1 aliphatic heterocycles. The number of anilines is 1. The van der Waals surface area contributed by atoms with E-state index in [1.807, 2.05) is 67.2 Å². The van der Waals surface area contributed by atoms with Crippen LogP contribution >= 0.6 is 0 Å². The Morgan fingerprint density at radius 1 is 1.03 bits per heavy atom. The Labute approximate surface area is 177 Å². The zero-order valence-electron chi connectivity index (χ0n) is 17.8. The molecule has 1 N–H and O–H groups in total. The number of nitrogens with one attached hydrogen (secondary N) is 1. The maximum absolute atomic E-state index is 13.0. The molecule has 0 aliphatic carbocycles. The van der Waals surface area contributed by atoms with Gasteiger partial charge in [0, 0.05) is 44.5 Å². The third-order valence-corrected chi connectivity index (χ3v) is 5.63. The van der Waals surface area contributed by atoms with Gasteiger partial charge in [0.2, 0.25) is 0 Å². The average Bonchev–Trinajstić information content (AvgIpc) is 3.07. The predicted octanol–water partition coefficient (Wildman–Crippen LogP) is 2.57. The third-order valence-electron chi connectivity index (χ3n) is 5.63. The highest BCUT2D eigenvalue weighted by molar-refractivity contribution is 5.96. The van der Waals surface area contributed by atoms with E-state index >= 15 is 0 Å². The van der Waals surface area contributed by atoms with Crippen molar-refractivity contribution in [2.24, 2.45) is 0 Å². The molecule has 4 rings (SSSR count). The Morgan fingerprint density at radius 2 is 1.77 bits per heavy atom. The Kier molecular flexibility index (Phi) is 5.81. The van der Waals surface area contributed by atoms with Gasteiger partial charge < -0.3 is 15.1 Å². The number of likely N-dealkylation sites (N-methyl/N-ethyl adjacent to an activating group) is 1. The van der Waals surface area contributed by atoms with Gasteiger partial charge >= 0.3 is 0 Å². The molecule has 0 spiro atoms. The number of hydrogen-bond acceptors (Lipinski definition) is 5. The van der Waals surface area contributed by atoms with Crippen LogP contribution in [-0.2, 0) is 6.54 Å². The Hall–Kier alpha value is -3.19. The van der Waals surface area contributed by atoms with Gasteiger partial charge in [-0.3, -0.25) is 4.79 Å². The topological polar surface area (TPSA) is 66.3 Å². The second-order valence-corrected chi connectivity index (χ2v) is 7.75. The maximum Gasteiger partial charge on any atom is 0.255 e. The van der Waals surface area contributed by atoms with Crippen molar-refractivity contribution >= 4 is 11.7 Å². The molecular formula is C23H28N6O. The van der Waals surface area contributed by atoms with E-state index in [1.165, 1.54) is 0 Å². The van der Waals surface area contributed by atoms with Crippen LogP contribution in [-0.4, -0.2) is 58.8 Å². The molecule has 1 fully saturated rings. The average molecular weight is 405 g/mol. The van der Waals surface area contributed by atoms with E-state index in [0.29, 0.717) is 12.1 Å². The van der Waals surface area contributed by atoms with Gasteiger partial charge in [-0.15, -0.1) is 0 Å². The lowest BCUT2D eigenvalue weighted by Gasteiger charge is -2.34. The number of aryl methyl sites for hydroxylation is 1. The Morgan fingerprint density at radius 3 is 2.50 bits per heavy atom. The molecule has 3 aromatic rings. The number of rotatable bonds is 5. The first-order valence-corrected chi connectivity index (χ1v) is 10.3. The zero-order valence-corrected chi connectivity index (χ0v) is 17.8. The van der Waals surface area contributed by atoms with Crippen molar-refractivity contribution in [3.63, 3.8) is 0 Å². The summed E-state index contributed by atoms with van der Waals surface area (Å²) >= 11 is 0. The van der Waals surface area contributed by atoms with Crippen LogP contribution in [0, 0.1) is 13.8 Å². The van der Waals surface area contributed by atoms with Crippen molar-refractivity contribution in [2.45, 2.75) is 20.4 Å². The summed E-state index contributed by atoms with van der Waals surface area (Å²) in [7, 11) is 2.14. The number of pyridine rings is 1. The lowest BCUT2D eigenvalue weighted by Crippen LogP contribution is -2.45. The van der Waals surface area contributed by atoms with Gasteiger partial charge in [-0.05, 0) is 39.1 Å². The summed E-state index contributed by atoms with van der Waals surface area (Å²) in [6, 6.07) is 13.8. The lowest BCUT2D eigenvalue weighted by atomic mass is 10.1. The zero-order chi connectivity index (χ0) is 21.1. The van der Waals surface area contributed by atoms with Crippen molar-refractivity contribution in [1.29, 1.82) is 0 Å².